The van der Waals surface area contributed by atoms with Gasteiger partial charge in [0.25, 0.3) is 0 Å². The van der Waals surface area contributed by atoms with Crippen LogP contribution >= 0.6 is 0 Å². The van der Waals surface area contributed by atoms with E-state index in [0.717, 1.165) is 5.69 Å². The van der Waals surface area contributed by atoms with Gasteiger partial charge in [0.15, 0.2) is 5.96 Å². The zero-order chi connectivity index (χ0) is 18.4. The zero-order valence-electron chi connectivity index (χ0n) is 15.0. The van der Waals surface area contributed by atoms with E-state index in [1.165, 1.54) is 4.90 Å². The number of nitrogens with one attached hydrogen (secondary N) is 1. The van der Waals surface area contributed by atoms with Gasteiger partial charge < -0.3 is 20.0 Å². The monoisotopic (exact) mass is 347 g/mol. The van der Waals surface area contributed by atoms with E-state index in [1.54, 1.807) is 35.9 Å². The van der Waals surface area contributed by atoms with Crippen LogP contribution < -0.4 is 10.2 Å². The van der Waals surface area contributed by atoms with Crippen molar-refractivity contribution in [3.05, 3.63) is 25.0 Å². The molecule has 1 aliphatic rings. The van der Waals surface area contributed by atoms with Gasteiger partial charge in [0.1, 0.15) is 13.1 Å². The van der Waals surface area contributed by atoms with Gasteiger partial charge in [-0.15, -0.1) is 6.58 Å². The van der Waals surface area contributed by atoms with E-state index in [4.69, 9.17) is 0 Å². The first-order chi connectivity index (χ1) is 11.9. The Bertz CT molecular complexity index is 665. The molecule has 2 heterocycles. The summed E-state index contributed by atoms with van der Waals surface area (Å²) in [6.45, 7) is 5.54. The van der Waals surface area contributed by atoms with Crippen LogP contribution in [0.1, 0.15) is 0 Å². The number of piperazine rings is 1. The molecule has 0 atom stereocenters. The maximum Gasteiger partial charge on any atom is 0.246 e. The lowest BCUT2D eigenvalue weighted by atomic mass is 10.3. The molecule has 9 nitrogen and oxygen atoms in total. The second kappa shape index (κ2) is 8.32. The quantitative estimate of drug-likeness (QED) is 0.432. The molecular weight excluding hydrogens is 322 g/mol. The predicted molar refractivity (Wildman–Crippen MR) is 96.3 cm³/mol. The Hall–Kier alpha value is -2.84. The second-order valence-corrected chi connectivity index (χ2v) is 5.94. The number of anilines is 1. The fourth-order valence-electron chi connectivity index (χ4n) is 2.39. The molecule has 25 heavy (non-hydrogen) atoms. The van der Waals surface area contributed by atoms with Crippen molar-refractivity contribution in [2.75, 3.05) is 51.7 Å². The van der Waals surface area contributed by atoms with Crippen LogP contribution in [0.3, 0.4) is 0 Å². The van der Waals surface area contributed by atoms with Crippen LogP contribution in [0.15, 0.2) is 30.0 Å². The molecule has 1 saturated heterocycles. The first-order valence-electron chi connectivity index (χ1n) is 8.05. The Balaban J connectivity index is 2.06. The fraction of sp³-hybridized carbons (Fsp3) is 0.500. The third-order valence-electron chi connectivity index (χ3n) is 3.79. The third kappa shape index (κ3) is 4.82. The Kier molecular flexibility index (Phi) is 6.15. The number of nitrogens with zero attached hydrogens (tertiary/aromatic N) is 6. The molecule has 2 amide bonds. The first-order valence-corrected chi connectivity index (χ1v) is 8.05. The van der Waals surface area contributed by atoms with Crippen LogP contribution in [0.4, 0.5) is 5.69 Å². The molecule has 1 aliphatic heterocycles. The standard InChI is InChI=1S/C16H25N7O2/c1-5-6-17-16(18-10-14(24)20(2)3)22-7-8-23(15(25)12-22)13-9-19-21(4)11-13/h5,9,11H,1,6-8,10,12H2,2-4H3,(H,17,18). The van der Waals surface area contributed by atoms with E-state index in [9.17, 15) is 9.59 Å². The average molecular weight is 347 g/mol. The molecule has 2 rings (SSSR count). The van der Waals surface area contributed by atoms with Crippen LogP contribution in [0.2, 0.25) is 0 Å². The molecular formula is C16H25N7O2. The number of aryl methyl sites for hydroxylation is 1. The third-order valence-corrected chi connectivity index (χ3v) is 3.79. The molecule has 0 aromatic carbocycles. The van der Waals surface area contributed by atoms with E-state index in [-0.39, 0.29) is 24.9 Å². The summed E-state index contributed by atoms with van der Waals surface area (Å²) in [7, 11) is 5.19. The first kappa shape index (κ1) is 18.5. The van der Waals surface area contributed by atoms with Gasteiger partial charge in [-0.3, -0.25) is 14.3 Å². The van der Waals surface area contributed by atoms with E-state index in [0.29, 0.717) is 25.6 Å². The fourth-order valence-corrected chi connectivity index (χ4v) is 2.39. The summed E-state index contributed by atoms with van der Waals surface area (Å²) in [5.41, 5.74) is 0.785. The molecule has 1 aromatic rings. The summed E-state index contributed by atoms with van der Waals surface area (Å²) in [4.78, 5) is 33.7. The van der Waals surface area contributed by atoms with Crippen LogP contribution in [-0.4, -0.2) is 84.2 Å². The number of hydrogen-bond acceptors (Lipinski definition) is 4. The van der Waals surface area contributed by atoms with Crippen molar-refractivity contribution < 1.29 is 9.59 Å². The largest absolute Gasteiger partial charge is 0.353 e. The smallest absolute Gasteiger partial charge is 0.246 e. The number of aromatic nitrogens is 2. The lowest BCUT2D eigenvalue weighted by Gasteiger charge is -2.35. The lowest BCUT2D eigenvalue weighted by molar-refractivity contribution is -0.127. The molecule has 0 unspecified atom stereocenters. The van der Waals surface area contributed by atoms with Crippen LogP contribution in [0, 0.1) is 0 Å². The van der Waals surface area contributed by atoms with Gasteiger partial charge in [0.05, 0.1) is 11.9 Å². The summed E-state index contributed by atoms with van der Waals surface area (Å²) >= 11 is 0. The van der Waals surface area contributed by atoms with Crippen LogP contribution in [0.5, 0.6) is 0 Å². The Morgan fingerprint density at radius 2 is 2.24 bits per heavy atom. The van der Waals surface area contributed by atoms with Crippen molar-refractivity contribution in [3.8, 4) is 0 Å². The van der Waals surface area contributed by atoms with Crippen LogP contribution in [0.25, 0.3) is 0 Å². The van der Waals surface area contributed by atoms with Crippen LogP contribution in [-0.2, 0) is 16.6 Å². The minimum atomic E-state index is -0.0989. The highest BCUT2D eigenvalue weighted by Crippen LogP contribution is 2.16. The van der Waals surface area contributed by atoms with Crippen molar-refractivity contribution in [1.82, 2.24) is 24.9 Å². The average Bonchev–Trinajstić information content (AvgIpc) is 3.00. The zero-order valence-corrected chi connectivity index (χ0v) is 15.0. The summed E-state index contributed by atoms with van der Waals surface area (Å²) in [6, 6.07) is 0. The minimum absolute atomic E-state index is 0.0312. The number of amides is 2. The van der Waals surface area contributed by atoms with E-state index in [1.807, 2.05) is 18.1 Å². The molecule has 1 fully saturated rings. The normalized spacial score (nSPS) is 15.3. The van der Waals surface area contributed by atoms with E-state index >= 15 is 0 Å². The molecule has 0 spiro atoms. The Labute approximate surface area is 147 Å². The molecule has 0 bridgehead atoms. The van der Waals surface area contributed by atoms with Gasteiger partial charge in [-0.2, -0.15) is 5.10 Å². The lowest BCUT2D eigenvalue weighted by Crippen LogP contribution is -2.55. The topological polar surface area (TPSA) is 86.1 Å². The predicted octanol–water partition coefficient (Wildman–Crippen LogP) is -0.711. The number of carbonyl (C=O) groups excluding carboxylic acids is 2. The van der Waals surface area contributed by atoms with Gasteiger partial charge in [0, 0.05) is 47.0 Å². The van der Waals surface area contributed by atoms with E-state index < -0.39 is 0 Å². The van der Waals surface area contributed by atoms with Crippen molar-refractivity contribution in [2.45, 2.75) is 0 Å². The van der Waals surface area contributed by atoms with Crippen molar-refractivity contribution in [3.63, 3.8) is 0 Å². The summed E-state index contributed by atoms with van der Waals surface area (Å²) in [5.74, 6) is 0.402. The SMILES string of the molecule is C=CCNC(=NCC(=O)N(C)C)N1CCN(c2cnn(C)c2)C(=O)C1. The molecule has 1 aromatic heterocycles. The number of likely N-dealkylation sites (N-methyl/N-ethyl adjacent to an activating group) is 1. The summed E-state index contributed by atoms with van der Waals surface area (Å²) in [5, 5.41) is 7.22. The number of hydrogen-bond donors (Lipinski definition) is 1. The summed E-state index contributed by atoms with van der Waals surface area (Å²) in [6.07, 6.45) is 5.19. The number of rotatable bonds is 5. The maximum atomic E-state index is 12.5. The van der Waals surface area contributed by atoms with Gasteiger partial charge in [0.2, 0.25) is 11.8 Å². The Morgan fingerprint density at radius 3 is 2.80 bits per heavy atom. The second-order valence-electron chi connectivity index (χ2n) is 5.94. The van der Waals surface area contributed by atoms with Crippen molar-refractivity contribution in [1.29, 1.82) is 0 Å². The van der Waals surface area contributed by atoms with Crippen molar-refractivity contribution in [2.24, 2.45) is 12.0 Å². The number of guanidine groups is 1. The van der Waals surface area contributed by atoms with Gasteiger partial charge in [-0.25, -0.2) is 4.99 Å². The molecule has 0 aliphatic carbocycles. The highest BCUT2D eigenvalue weighted by Gasteiger charge is 2.27. The molecule has 0 radical (unpaired) electrons. The Morgan fingerprint density at radius 1 is 1.48 bits per heavy atom. The molecule has 136 valence electrons. The molecule has 9 heteroatoms. The maximum absolute atomic E-state index is 12.5. The van der Waals surface area contributed by atoms with Gasteiger partial charge in [-0.1, -0.05) is 6.08 Å². The van der Waals surface area contributed by atoms with E-state index in [2.05, 4.69) is 22.0 Å². The highest BCUT2D eigenvalue weighted by atomic mass is 16.2. The number of carbonyl (C=O) groups is 2. The number of aliphatic imine (C=N–C) groups is 1. The molecule has 1 N–H and O–H groups in total. The summed E-state index contributed by atoms with van der Waals surface area (Å²) < 4.78 is 1.67. The van der Waals surface area contributed by atoms with Gasteiger partial charge in [-0.05, 0) is 0 Å². The highest BCUT2D eigenvalue weighted by molar-refractivity contribution is 5.98. The van der Waals surface area contributed by atoms with Gasteiger partial charge >= 0.3 is 0 Å². The van der Waals surface area contributed by atoms with Crippen molar-refractivity contribution >= 4 is 23.5 Å². The molecule has 0 saturated carbocycles. The minimum Gasteiger partial charge on any atom is -0.353 e.